The number of piperidine rings is 1. The molecule has 1 saturated heterocycles. The molecule has 1 aliphatic heterocycles. The van der Waals surface area contributed by atoms with E-state index in [9.17, 15) is 26.7 Å². The van der Waals surface area contributed by atoms with Gasteiger partial charge in [-0.25, -0.2) is 13.6 Å². The Balaban J connectivity index is 0.000000406. The van der Waals surface area contributed by atoms with Crippen LogP contribution in [0.4, 0.5) is 22.0 Å². The van der Waals surface area contributed by atoms with E-state index < -0.39 is 18.3 Å². The number of hydrogen-bond acceptors (Lipinski definition) is 3. The van der Waals surface area contributed by atoms with Crippen LogP contribution in [0.25, 0.3) is 22.2 Å². The molecule has 0 bridgehead atoms. The summed E-state index contributed by atoms with van der Waals surface area (Å²) in [5.41, 5.74) is 3.98. The van der Waals surface area contributed by atoms with E-state index in [1.54, 1.807) is 30.2 Å². The second-order valence-corrected chi connectivity index (χ2v) is 7.89. The van der Waals surface area contributed by atoms with Gasteiger partial charge in [-0.3, -0.25) is 9.78 Å². The summed E-state index contributed by atoms with van der Waals surface area (Å²) < 4.78 is 60.4. The van der Waals surface area contributed by atoms with E-state index >= 15 is 0 Å². The van der Waals surface area contributed by atoms with E-state index in [0.29, 0.717) is 31.5 Å². The van der Waals surface area contributed by atoms with Crippen molar-refractivity contribution in [1.29, 1.82) is 0 Å². The third-order valence-corrected chi connectivity index (χ3v) is 5.44. The van der Waals surface area contributed by atoms with Gasteiger partial charge < -0.3 is 14.6 Å². The van der Waals surface area contributed by atoms with Gasteiger partial charge in [0.1, 0.15) is 18.5 Å². The summed E-state index contributed by atoms with van der Waals surface area (Å²) in [4.78, 5) is 27.7. The first-order valence-electron chi connectivity index (χ1n) is 10.4. The summed E-state index contributed by atoms with van der Waals surface area (Å²) in [7, 11) is 0. The molecule has 0 atom stereocenters. The Bertz CT molecular complexity index is 1180. The molecule has 4 rings (SSSR count). The van der Waals surface area contributed by atoms with Crippen molar-refractivity contribution in [3.05, 3.63) is 54.1 Å². The molecule has 0 saturated carbocycles. The van der Waals surface area contributed by atoms with Gasteiger partial charge in [0.15, 0.2) is 0 Å². The first kappa shape index (κ1) is 25.1. The van der Waals surface area contributed by atoms with Gasteiger partial charge in [-0.2, -0.15) is 13.2 Å². The zero-order valence-corrected chi connectivity index (χ0v) is 18.1. The Morgan fingerprint density at radius 3 is 2.35 bits per heavy atom. The minimum Gasteiger partial charge on any atom is -0.475 e. The lowest BCUT2D eigenvalue weighted by atomic mass is 10.0. The van der Waals surface area contributed by atoms with E-state index in [0.717, 1.165) is 22.2 Å². The van der Waals surface area contributed by atoms with Crippen molar-refractivity contribution in [3.63, 3.8) is 0 Å². The number of aromatic nitrogens is 2. The summed E-state index contributed by atoms with van der Waals surface area (Å²) in [5, 5.41) is 7.12. The van der Waals surface area contributed by atoms with Gasteiger partial charge in [-0.15, -0.1) is 0 Å². The Morgan fingerprint density at radius 2 is 1.76 bits per heavy atom. The first-order chi connectivity index (χ1) is 16.0. The lowest BCUT2D eigenvalue weighted by Gasteiger charge is -2.28. The molecule has 1 N–H and O–H groups in total. The molecular weight excluding hydrogens is 461 g/mol. The molecule has 1 aliphatic rings. The third kappa shape index (κ3) is 6.09. The molecule has 0 unspecified atom stereocenters. The molecule has 6 nitrogen and oxygen atoms in total. The van der Waals surface area contributed by atoms with Crippen LogP contribution in [0.5, 0.6) is 0 Å². The fourth-order valence-corrected chi connectivity index (χ4v) is 3.53. The number of likely N-dealkylation sites (tertiary alicyclic amines) is 1. The monoisotopic (exact) mass is 483 g/mol. The second kappa shape index (κ2) is 10.2. The lowest BCUT2D eigenvalue weighted by molar-refractivity contribution is -0.192. The average molecular weight is 483 g/mol. The number of carboxylic acids is 1. The van der Waals surface area contributed by atoms with Crippen molar-refractivity contribution in [2.45, 2.75) is 38.7 Å². The molecule has 1 fully saturated rings. The molecule has 1 aromatic carbocycles. The quantitative estimate of drug-likeness (QED) is 0.546. The third-order valence-electron chi connectivity index (χ3n) is 5.44. The molecule has 0 aliphatic carbocycles. The van der Waals surface area contributed by atoms with Crippen LogP contribution in [-0.4, -0.2) is 56.9 Å². The van der Waals surface area contributed by atoms with E-state index in [1.165, 1.54) is 6.07 Å². The van der Waals surface area contributed by atoms with Crippen LogP contribution in [0.1, 0.15) is 18.4 Å². The van der Waals surface area contributed by atoms with Gasteiger partial charge >= 0.3 is 12.1 Å². The van der Waals surface area contributed by atoms with Crippen molar-refractivity contribution in [2.75, 3.05) is 13.1 Å². The van der Waals surface area contributed by atoms with E-state index in [4.69, 9.17) is 9.90 Å². The number of fused-ring (bicyclic) bond motifs is 1. The van der Waals surface area contributed by atoms with Crippen molar-refractivity contribution in [2.24, 2.45) is 0 Å². The van der Waals surface area contributed by atoms with Gasteiger partial charge in [-0.1, -0.05) is 6.07 Å². The number of carboxylic acid groups (broad SMARTS) is 1. The van der Waals surface area contributed by atoms with Crippen molar-refractivity contribution in [3.8, 4) is 11.1 Å². The Morgan fingerprint density at radius 1 is 1.12 bits per heavy atom. The predicted molar refractivity (Wildman–Crippen MR) is 114 cm³/mol. The van der Waals surface area contributed by atoms with Gasteiger partial charge in [0.2, 0.25) is 5.91 Å². The van der Waals surface area contributed by atoms with Crippen LogP contribution in [0, 0.1) is 12.7 Å². The minimum absolute atomic E-state index is 0.0116. The molecule has 2 aromatic heterocycles. The number of aliphatic carboxylic acids is 1. The molecule has 0 radical (unpaired) electrons. The number of carbonyl (C=O) groups is 2. The van der Waals surface area contributed by atoms with Gasteiger partial charge in [-0.05, 0) is 55.2 Å². The van der Waals surface area contributed by atoms with E-state index in [-0.39, 0.29) is 18.3 Å². The van der Waals surface area contributed by atoms with E-state index in [1.807, 2.05) is 22.9 Å². The predicted octanol–water partition coefficient (Wildman–Crippen LogP) is 4.74. The molecule has 3 heterocycles. The number of carbonyl (C=O) groups excluding carboxylic acids is 1. The summed E-state index contributed by atoms with van der Waals surface area (Å²) in [6, 6.07) is 8.81. The highest BCUT2D eigenvalue weighted by atomic mass is 19.4. The molecule has 34 heavy (non-hydrogen) atoms. The number of amides is 1. The molecule has 182 valence electrons. The van der Waals surface area contributed by atoms with Crippen LogP contribution in [0.3, 0.4) is 0 Å². The lowest BCUT2D eigenvalue weighted by Crippen LogP contribution is -2.40. The van der Waals surface area contributed by atoms with Crippen LogP contribution in [-0.2, 0) is 16.1 Å². The highest BCUT2D eigenvalue weighted by Gasteiger charge is 2.38. The maximum Gasteiger partial charge on any atom is 0.490 e. The normalized spacial score (nSPS) is 14.6. The Hall–Kier alpha value is -3.50. The van der Waals surface area contributed by atoms with Crippen molar-refractivity contribution < 1.29 is 36.6 Å². The number of benzene rings is 1. The summed E-state index contributed by atoms with van der Waals surface area (Å²) >= 11 is 0. The number of alkyl halides is 4. The highest BCUT2D eigenvalue weighted by Crippen LogP contribution is 2.25. The number of pyridine rings is 1. The second-order valence-electron chi connectivity index (χ2n) is 7.89. The smallest absolute Gasteiger partial charge is 0.475 e. The Labute approximate surface area is 191 Å². The largest absolute Gasteiger partial charge is 0.490 e. The SMILES string of the molecule is Cc1cc(-c2cnc3ccn(CC(=O)N4CCC(F)CC4)c3c2)ccc1F.O=C(O)C(F)(F)F. The maximum atomic E-state index is 13.5. The number of halogens is 5. The number of nitrogens with zero attached hydrogens (tertiary/aromatic N) is 3. The summed E-state index contributed by atoms with van der Waals surface area (Å²) in [6.07, 6.45) is -1.46. The van der Waals surface area contributed by atoms with Crippen molar-refractivity contribution in [1.82, 2.24) is 14.5 Å². The van der Waals surface area contributed by atoms with Crippen LogP contribution in [0.2, 0.25) is 0 Å². The minimum atomic E-state index is -5.08. The molecule has 11 heteroatoms. The zero-order chi connectivity index (χ0) is 25.0. The number of rotatable bonds is 3. The molecular formula is C23H22F5N3O3. The standard InChI is InChI=1S/C21H21F2N3O.C2HF3O2/c1-14-10-15(2-3-18(14)23)16-11-20-19(24-12-16)6-9-26(20)13-21(27)25-7-4-17(22)5-8-25;3-2(4,5)1(6)7/h2-3,6,9-12,17H,4-5,7-8,13H2,1H3;(H,6,7). The summed E-state index contributed by atoms with van der Waals surface area (Å²) in [5.74, 6) is -3.01. The summed E-state index contributed by atoms with van der Waals surface area (Å²) in [6.45, 7) is 2.87. The van der Waals surface area contributed by atoms with Gasteiger partial charge in [0.05, 0.1) is 11.0 Å². The fraction of sp³-hybridized carbons (Fsp3) is 0.348. The molecule has 0 spiro atoms. The first-order valence-corrected chi connectivity index (χ1v) is 10.4. The topological polar surface area (TPSA) is 75.4 Å². The number of hydrogen-bond donors (Lipinski definition) is 1. The van der Waals surface area contributed by atoms with Crippen LogP contribution in [0.15, 0.2) is 42.7 Å². The van der Waals surface area contributed by atoms with Gasteiger partial charge in [0.25, 0.3) is 0 Å². The Kier molecular flexibility index (Phi) is 7.53. The molecule has 3 aromatic rings. The zero-order valence-electron chi connectivity index (χ0n) is 18.1. The maximum absolute atomic E-state index is 13.5. The number of aryl methyl sites for hydroxylation is 1. The molecule has 1 amide bonds. The highest BCUT2D eigenvalue weighted by molar-refractivity contribution is 5.84. The van der Waals surface area contributed by atoms with E-state index in [2.05, 4.69) is 4.98 Å². The fourth-order valence-electron chi connectivity index (χ4n) is 3.53. The average Bonchev–Trinajstić information content (AvgIpc) is 3.18. The van der Waals surface area contributed by atoms with Gasteiger partial charge in [0, 0.05) is 31.0 Å². The van der Waals surface area contributed by atoms with Crippen LogP contribution >= 0.6 is 0 Å². The van der Waals surface area contributed by atoms with Crippen molar-refractivity contribution >= 4 is 22.9 Å². The van der Waals surface area contributed by atoms with Crippen LogP contribution < -0.4 is 0 Å².